The molecule has 3 heteroatoms. The van der Waals surface area contributed by atoms with E-state index in [0.717, 1.165) is 24.8 Å². The zero-order chi connectivity index (χ0) is 7.68. The number of hydrogen-bond donors (Lipinski definition) is 1. The molecule has 60 valence electrons. The third-order valence-corrected chi connectivity index (χ3v) is 2.14. The highest BCUT2D eigenvalue weighted by molar-refractivity contribution is 5.34. The zero-order valence-electron chi connectivity index (χ0n) is 6.75. The third kappa shape index (κ3) is 1.23. The van der Waals surface area contributed by atoms with Crippen LogP contribution in [0.3, 0.4) is 0 Å². The number of nitrogens with one attached hydrogen (secondary N) is 1. The highest BCUT2D eigenvalue weighted by Gasteiger charge is 2.11. The molecular formula is C8H13N3. The van der Waals surface area contributed by atoms with Gasteiger partial charge >= 0.3 is 0 Å². The summed E-state index contributed by atoms with van der Waals surface area (Å²) in [6.45, 7) is 4.39. The summed E-state index contributed by atoms with van der Waals surface area (Å²) in [6.07, 6.45) is 3.09. The normalized spacial score (nSPS) is 23.5. The molecule has 0 radical (unpaired) electrons. The summed E-state index contributed by atoms with van der Waals surface area (Å²) in [6, 6.07) is 2.03. The van der Waals surface area contributed by atoms with Crippen LogP contribution in [0.15, 0.2) is 12.3 Å². The average molecular weight is 151 g/mol. The van der Waals surface area contributed by atoms with E-state index in [4.69, 9.17) is 0 Å². The molecule has 1 aliphatic rings. The van der Waals surface area contributed by atoms with Gasteiger partial charge in [0.05, 0.1) is 6.20 Å². The van der Waals surface area contributed by atoms with Gasteiger partial charge in [-0.05, 0) is 12.3 Å². The van der Waals surface area contributed by atoms with Gasteiger partial charge in [-0.1, -0.05) is 6.92 Å². The molecule has 1 N–H and O–H groups in total. The fourth-order valence-corrected chi connectivity index (χ4v) is 1.46. The minimum atomic E-state index is 0.739. The largest absolute Gasteiger partial charge is 0.370 e. The molecule has 0 spiro atoms. The predicted octanol–water partition coefficient (Wildman–Crippen LogP) is 1.33. The lowest BCUT2D eigenvalue weighted by atomic mass is 10.1. The van der Waals surface area contributed by atoms with Crippen molar-refractivity contribution >= 4 is 5.82 Å². The standard InChI is InChI=1S/C8H13N3/c1-7-2-4-9-8-3-5-10-11(8)6-7/h3,5,7,9H,2,4,6H2,1H3. The van der Waals surface area contributed by atoms with E-state index in [1.807, 2.05) is 16.9 Å². The van der Waals surface area contributed by atoms with Crippen LogP contribution in [-0.4, -0.2) is 16.3 Å². The molecule has 0 saturated heterocycles. The molecule has 0 bridgehead atoms. The summed E-state index contributed by atoms with van der Waals surface area (Å²) in [5, 5.41) is 7.56. The van der Waals surface area contributed by atoms with Crippen LogP contribution in [0.4, 0.5) is 5.82 Å². The molecule has 0 fully saturated rings. The van der Waals surface area contributed by atoms with Crippen LogP contribution in [-0.2, 0) is 6.54 Å². The molecule has 2 rings (SSSR count). The van der Waals surface area contributed by atoms with Crippen molar-refractivity contribution in [3.63, 3.8) is 0 Å². The SMILES string of the molecule is CC1CCNc2ccnn2C1. The van der Waals surface area contributed by atoms with Crippen molar-refractivity contribution in [2.75, 3.05) is 11.9 Å². The molecule has 1 aromatic heterocycles. The molecule has 0 saturated carbocycles. The molecule has 0 aliphatic carbocycles. The molecule has 1 aromatic rings. The van der Waals surface area contributed by atoms with Crippen molar-refractivity contribution in [3.8, 4) is 0 Å². The van der Waals surface area contributed by atoms with Crippen LogP contribution in [0, 0.1) is 5.92 Å². The maximum atomic E-state index is 4.22. The molecular weight excluding hydrogens is 138 g/mol. The molecule has 2 heterocycles. The summed E-state index contributed by atoms with van der Waals surface area (Å²) < 4.78 is 2.04. The van der Waals surface area contributed by atoms with Crippen LogP contribution in [0.5, 0.6) is 0 Å². The minimum absolute atomic E-state index is 0.739. The Bertz CT molecular complexity index is 241. The van der Waals surface area contributed by atoms with Gasteiger partial charge in [0.2, 0.25) is 0 Å². The molecule has 1 unspecified atom stereocenters. The minimum Gasteiger partial charge on any atom is -0.370 e. The first-order chi connectivity index (χ1) is 5.36. The topological polar surface area (TPSA) is 29.9 Å². The summed E-state index contributed by atoms with van der Waals surface area (Å²) in [5.74, 6) is 1.90. The third-order valence-electron chi connectivity index (χ3n) is 2.14. The number of nitrogens with zero attached hydrogens (tertiary/aromatic N) is 2. The number of anilines is 1. The number of hydrogen-bond acceptors (Lipinski definition) is 2. The highest BCUT2D eigenvalue weighted by Crippen LogP contribution is 2.15. The Morgan fingerprint density at radius 3 is 3.55 bits per heavy atom. The summed E-state index contributed by atoms with van der Waals surface area (Å²) in [7, 11) is 0. The molecule has 0 aromatic carbocycles. The van der Waals surface area contributed by atoms with Gasteiger partial charge < -0.3 is 5.32 Å². The first-order valence-electron chi connectivity index (χ1n) is 4.12. The second kappa shape index (κ2) is 2.57. The number of rotatable bonds is 0. The van der Waals surface area contributed by atoms with E-state index in [9.17, 15) is 0 Å². The highest BCUT2D eigenvalue weighted by atomic mass is 15.3. The van der Waals surface area contributed by atoms with Gasteiger partial charge in [-0.25, -0.2) is 4.68 Å². The average Bonchev–Trinajstić information content (AvgIpc) is 2.31. The van der Waals surface area contributed by atoms with Gasteiger partial charge in [-0.3, -0.25) is 0 Å². The first kappa shape index (κ1) is 6.70. The smallest absolute Gasteiger partial charge is 0.124 e. The number of fused-ring (bicyclic) bond motifs is 1. The van der Waals surface area contributed by atoms with E-state index in [-0.39, 0.29) is 0 Å². The second-order valence-electron chi connectivity index (χ2n) is 3.22. The molecule has 1 aliphatic heterocycles. The van der Waals surface area contributed by atoms with E-state index in [2.05, 4.69) is 17.3 Å². The molecule has 11 heavy (non-hydrogen) atoms. The van der Waals surface area contributed by atoms with Gasteiger partial charge in [-0.2, -0.15) is 5.10 Å². The lowest BCUT2D eigenvalue weighted by Gasteiger charge is -2.05. The van der Waals surface area contributed by atoms with Gasteiger partial charge in [0.25, 0.3) is 0 Å². The fourth-order valence-electron chi connectivity index (χ4n) is 1.46. The van der Waals surface area contributed by atoms with Gasteiger partial charge in [0.1, 0.15) is 5.82 Å². The van der Waals surface area contributed by atoms with Crippen molar-refractivity contribution in [3.05, 3.63) is 12.3 Å². The lowest BCUT2D eigenvalue weighted by molar-refractivity contribution is 0.453. The second-order valence-corrected chi connectivity index (χ2v) is 3.22. The van der Waals surface area contributed by atoms with Gasteiger partial charge in [-0.15, -0.1) is 0 Å². The Hall–Kier alpha value is -0.990. The Morgan fingerprint density at radius 2 is 2.64 bits per heavy atom. The van der Waals surface area contributed by atoms with E-state index in [0.29, 0.717) is 0 Å². The van der Waals surface area contributed by atoms with Crippen molar-refractivity contribution in [1.29, 1.82) is 0 Å². The monoisotopic (exact) mass is 151 g/mol. The number of aromatic nitrogens is 2. The summed E-state index contributed by atoms with van der Waals surface area (Å²) >= 11 is 0. The first-order valence-corrected chi connectivity index (χ1v) is 4.12. The molecule has 1 atom stereocenters. The fraction of sp³-hybridized carbons (Fsp3) is 0.625. The van der Waals surface area contributed by atoms with E-state index < -0.39 is 0 Å². The van der Waals surface area contributed by atoms with Crippen LogP contribution >= 0.6 is 0 Å². The van der Waals surface area contributed by atoms with Gasteiger partial charge in [0.15, 0.2) is 0 Å². The molecule has 3 nitrogen and oxygen atoms in total. The predicted molar refractivity (Wildman–Crippen MR) is 44.5 cm³/mol. The Labute approximate surface area is 66.4 Å². The van der Waals surface area contributed by atoms with Crippen molar-refractivity contribution in [2.45, 2.75) is 19.9 Å². The maximum absolute atomic E-state index is 4.22. The summed E-state index contributed by atoms with van der Waals surface area (Å²) in [5.41, 5.74) is 0. The van der Waals surface area contributed by atoms with Crippen LogP contribution < -0.4 is 5.32 Å². The summed E-state index contributed by atoms with van der Waals surface area (Å²) in [4.78, 5) is 0. The Morgan fingerprint density at radius 1 is 1.73 bits per heavy atom. The van der Waals surface area contributed by atoms with Crippen molar-refractivity contribution < 1.29 is 0 Å². The zero-order valence-corrected chi connectivity index (χ0v) is 6.75. The van der Waals surface area contributed by atoms with Crippen LogP contribution in [0.25, 0.3) is 0 Å². The maximum Gasteiger partial charge on any atom is 0.124 e. The van der Waals surface area contributed by atoms with Crippen molar-refractivity contribution in [1.82, 2.24) is 9.78 Å². The Kier molecular flexibility index (Phi) is 1.56. The van der Waals surface area contributed by atoms with Gasteiger partial charge in [0, 0.05) is 19.2 Å². The van der Waals surface area contributed by atoms with E-state index >= 15 is 0 Å². The van der Waals surface area contributed by atoms with Crippen molar-refractivity contribution in [2.24, 2.45) is 5.92 Å². The van der Waals surface area contributed by atoms with E-state index in [1.165, 1.54) is 6.42 Å². The van der Waals surface area contributed by atoms with E-state index in [1.54, 1.807) is 0 Å². The lowest BCUT2D eigenvalue weighted by Crippen LogP contribution is -2.06. The quantitative estimate of drug-likeness (QED) is 0.606. The Balaban J connectivity index is 2.26. The molecule has 0 amide bonds. The van der Waals surface area contributed by atoms with Crippen LogP contribution in [0.1, 0.15) is 13.3 Å². The van der Waals surface area contributed by atoms with Crippen LogP contribution in [0.2, 0.25) is 0 Å².